The first-order valence-corrected chi connectivity index (χ1v) is 6.36. The molecule has 0 heterocycles. The van der Waals surface area contributed by atoms with E-state index in [9.17, 15) is 14.4 Å². The van der Waals surface area contributed by atoms with E-state index in [0.717, 1.165) is 12.5 Å². The van der Waals surface area contributed by atoms with E-state index < -0.39 is 17.9 Å². The average Bonchev–Trinajstić information content (AvgIpc) is 2.41. The number of rotatable bonds is 7. The minimum atomic E-state index is -0.873. The van der Waals surface area contributed by atoms with Gasteiger partial charge in [0.1, 0.15) is 0 Å². The summed E-state index contributed by atoms with van der Waals surface area (Å²) in [6.45, 7) is 7.05. The van der Waals surface area contributed by atoms with Crippen molar-refractivity contribution in [2.45, 2.75) is 39.5 Å². The molecular weight excluding hydrogens is 276 g/mol. The Morgan fingerprint density at radius 2 is 1.62 bits per heavy atom. The first-order valence-electron chi connectivity index (χ1n) is 6.36. The quantitative estimate of drug-likeness (QED) is 0.492. The summed E-state index contributed by atoms with van der Waals surface area (Å²) >= 11 is 0. The summed E-state index contributed by atoms with van der Waals surface area (Å²) in [5, 5.41) is 23.9. The van der Waals surface area contributed by atoms with Gasteiger partial charge in [-0.05, 0) is 19.8 Å². The van der Waals surface area contributed by atoms with Crippen LogP contribution in [0.1, 0.15) is 39.5 Å². The highest BCUT2D eigenvalue weighted by Crippen LogP contribution is 1.86. The van der Waals surface area contributed by atoms with Crippen LogP contribution in [0.5, 0.6) is 0 Å². The highest BCUT2D eigenvalue weighted by Gasteiger charge is 1.89. The molecule has 3 N–H and O–H groups in total. The van der Waals surface area contributed by atoms with Crippen molar-refractivity contribution in [2.75, 3.05) is 0 Å². The fraction of sp³-hybridized carbons (Fsp3) is 0.400. The monoisotopic (exact) mass is 300 g/mol. The fourth-order valence-electron chi connectivity index (χ4n) is 0.663. The molecule has 0 atom stereocenters. The largest absolute Gasteiger partial charge is 0.481 e. The standard InChI is InChI=1S/3C5H8O2/c3*1-2-3-4-5(6)7/h3-4H,2H2,1H3,(H,6,7);2-3H,4H2,1H3,(H,6,7);2H,1,3-4H2,(H,6,7). The Labute approximate surface area is 125 Å². The molecule has 0 saturated carbocycles. The van der Waals surface area contributed by atoms with Gasteiger partial charge in [0.15, 0.2) is 0 Å². The summed E-state index contributed by atoms with van der Waals surface area (Å²) in [5.41, 5.74) is 0. The maximum atomic E-state index is 9.71. The lowest BCUT2D eigenvalue weighted by Crippen LogP contribution is -1.90. The van der Waals surface area contributed by atoms with Crippen molar-refractivity contribution in [2.24, 2.45) is 0 Å². The third-order valence-electron chi connectivity index (χ3n) is 1.59. The first kappa shape index (κ1) is 23.7. The molecule has 0 spiro atoms. The van der Waals surface area contributed by atoms with Gasteiger partial charge in [-0.25, -0.2) is 4.79 Å². The Kier molecular flexibility index (Phi) is 22.5. The number of allylic oxidation sites excluding steroid dienone is 3. The van der Waals surface area contributed by atoms with Gasteiger partial charge in [0, 0.05) is 12.5 Å². The van der Waals surface area contributed by atoms with E-state index in [0.29, 0.717) is 6.42 Å². The zero-order chi connectivity index (χ0) is 17.1. The molecule has 0 radical (unpaired) electrons. The molecule has 0 aliphatic carbocycles. The maximum Gasteiger partial charge on any atom is 0.327 e. The zero-order valence-corrected chi connectivity index (χ0v) is 12.5. The van der Waals surface area contributed by atoms with Crippen molar-refractivity contribution in [3.05, 3.63) is 37.0 Å². The molecule has 6 heteroatoms. The molecule has 0 amide bonds. The minimum Gasteiger partial charge on any atom is -0.481 e. The third kappa shape index (κ3) is 46.4. The van der Waals surface area contributed by atoms with Crippen LogP contribution < -0.4 is 0 Å². The van der Waals surface area contributed by atoms with Gasteiger partial charge < -0.3 is 15.3 Å². The van der Waals surface area contributed by atoms with Gasteiger partial charge in [-0.2, -0.15) is 0 Å². The topological polar surface area (TPSA) is 112 Å². The molecule has 0 aromatic heterocycles. The molecule has 120 valence electrons. The smallest absolute Gasteiger partial charge is 0.327 e. The van der Waals surface area contributed by atoms with Crippen LogP contribution in [0.25, 0.3) is 0 Å². The molecule has 0 bridgehead atoms. The van der Waals surface area contributed by atoms with Crippen LogP contribution >= 0.6 is 0 Å². The fourth-order valence-corrected chi connectivity index (χ4v) is 0.663. The summed E-state index contributed by atoms with van der Waals surface area (Å²) in [6.07, 6.45) is 9.33. The van der Waals surface area contributed by atoms with Crippen molar-refractivity contribution in [1.29, 1.82) is 0 Å². The molecule has 21 heavy (non-hydrogen) atoms. The number of hydrogen-bond acceptors (Lipinski definition) is 3. The average molecular weight is 300 g/mol. The van der Waals surface area contributed by atoms with E-state index in [-0.39, 0.29) is 12.8 Å². The molecule has 0 aromatic rings. The van der Waals surface area contributed by atoms with Crippen molar-refractivity contribution < 1.29 is 29.7 Å². The first-order chi connectivity index (χ1) is 9.81. The summed E-state index contributed by atoms with van der Waals surface area (Å²) in [4.78, 5) is 29.1. The molecule has 0 aromatic carbocycles. The molecule has 0 aliphatic rings. The van der Waals surface area contributed by atoms with Crippen molar-refractivity contribution >= 4 is 17.9 Å². The maximum absolute atomic E-state index is 9.71. The van der Waals surface area contributed by atoms with Gasteiger partial charge in [0.05, 0.1) is 6.42 Å². The highest BCUT2D eigenvalue weighted by atomic mass is 16.4. The second kappa shape index (κ2) is 20.0. The van der Waals surface area contributed by atoms with Gasteiger partial charge in [-0.1, -0.05) is 31.2 Å². The summed E-state index contributed by atoms with van der Waals surface area (Å²) in [7, 11) is 0. The lowest BCUT2D eigenvalue weighted by atomic mass is 10.3. The predicted octanol–water partition coefficient (Wildman–Crippen LogP) is 3.11. The van der Waals surface area contributed by atoms with Crippen LogP contribution in [0.15, 0.2) is 37.0 Å². The molecular formula is C15H24O6. The van der Waals surface area contributed by atoms with E-state index in [2.05, 4.69) is 6.58 Å². The van der Waals surface area contributed by atoms with Gasteiger partial charge in [0.25, 0.3) is 0 Å². The van der Waals surface area contributed by atoms with Crippen molar-refractivity contribution in [3.63, 3.8) is 0 Å². The molecule has 6 nitrogen and oxygen atoms in total. The normalized spacial score (nSPS) is 9.24. The van der Waals surface area contributed by atoms with Crippen LogP contribution in [0, 0.1) is 0 Å². The minimum absolute atomic E-state index is 0.135. The van der Waals surface area contributed by atoms with E-state index in [1.807, 2.05) is 6.92 Å². The Balaban J connectivity index is -0.000000231. The number of hydrogen-bond donors (Lipinski definition) is 3. The summed E-state index contributed by atoms with van der Waals surface area (Å²) in [5.74, 6) is -2.42. The Hall–Kier alpha value is -2.37. The Morgan fingerprint density at radius 1 is 1.05 bits per heavy atom. The number of carbonyl (C=O) groups is 3. The second-order valence-corrected chi connectivity index (χ2v) is 3.54. The van der Waals surface area contributed by atoms with Crippen LogP contribution in [0.2, 0.25) is 0 Å². The Morgan fingerprint density at radius 3 is 1.76 bits per heavy atom. The van der Waals surface area contributed by atoms with Gasteiger partial charge in [-0.15, -0.1) is 6.58 Å². The zero-order valence-electron chi connectivity index (χ0n) is 12.5. The van der Waals surface area contributed by atoms with Gasteiger partial charge >= 0.3 is 17.9 Å². The molecule has 0 rings (SSSR count). The third-order valence-corrected chi connectivity index (χ3v) is 1.59. The van der Waals surface area contributed by atoms with E-state index in [1.54, 1.807) is 31.2 Å². The summed E-state index contributed by atoms with van der Waals surface area (Å²) in [6, 6.07) is 0. The van der Waals surface area contributed by atoms with Crippen LogP contribution in [0.3, 0.4) is 0 Å². The highest BCUT2D eigenvalue weighted by molar-refractivity contribution is 5.79. The molecule has 0 aliphatic heterocycles. The second-order valence-electron chi connectivity index (χ2n) is 3.54. The van der Waals surface area contributed by atoms with Crippen molar-refractivity contribution in [1.82, 2.24) is 0 Å². The van der Waals surface area contributed by atoms with Crippen LogP contribution in [-0.2, 0) is 14.4 Å². The molecule has 0 saturated heterocycles. The predicted molar refractivity (Wildman–Crippen MR) is 81.2 cm³/mol. The van der Waals surface area contributed by atoms with Gasteiger partial charge in [0.2, 0.25) is 0 Å². The van der Waals surface area contributed by atoms with Gasteiger partial charge in [-0.3, -0.25) is 9.59 Å². The lowest BCUT2D eigenvalue weighted by molar-refractivity contribution is -0.137. The summed E-state index contributed by atoms with van der Waals surface area (Å²) < 4.78 is 0. The Bertz CT molecular complexity index is 355. The van der Waals surface area contributed by atoms with Crippen LogP contribution in [-0.4, -0.2) is 33.2 Å². The number of aliphatic carboxylic acids is 3. The molecule has 0 unspecified atom stereocenters. The number of carboxylic acid groups (broad SMARTS) is 3. The van der Waals surface area contributed by atoms with E-state index >= 15 is 0 Å². The van der Waals surface area contributed by atoms with Crippen molar-refractivity contribution in [3.8, 4) is 0 Å². The SMILES string of the molecule is C=CCCC(=O)O.CC=CCC(=O)O.CCC=CC(=O)O. The molecule has 0 fully saturated rings. The van der Waals surface area contributed by atoms with Crippen LogP contribution in [0.4, 0.5) is 0 Å². The van der Waals surface area contributed by atoms with E-state index in [1.165, 1.54) is 0 Å². The van der Waals surface area contributed by atoms with E-state index in [4.69, 9.17) is 15.3 Å². The lowest BCUT2D eigenvalue weighted by Gasteiger charge is -1.82. The number of carboxylic acids is 3.